The lowest BCUT2D eigenvalue weighted by molar-refractivity contribution is -0.134. The van der Waals surface area contributed by atoms with E-state index in [1.807, 2.05) is 57.2 Å². The number of nitriles is 1. The number of amides is 1. The number of carbonyl (C=O) groups excluding carboxylic acids is 1. The third-order valence-corrected chi connectivity index (χ3v) is 6.53. The molecule has 10 nitrogen and oxygen atoms in total. The number of anilines is 1. The van der Waals surface area contributed by atoms with Gasteiger partial charge in [-0.05, 0) is 48.2 Å². The smallest absolute Gasteiger partial charge is 0.335 e. The molecule has 0 saturated carbocycles. The fraction of sp³-hybridized carbons (Fsp3) is 0.276. The van der Waals surface area contributed by atoms with Crippen LogP contribution in [-0.4, -0.2) is 42.5 Å². The van der Waals surface area contributed by atoms with E-state index in [9.17, 15) is 14.9 Å². The average Bonchev–Trinajstić information content (AvgIpc) is 3.17. The second-order valence-corrected chi connectivity index (χ2v) is 10.5. The predicted octanol–water partition coefficient (Wildman–Crippen LogP) is 4.05. The number of ether oxygens (including phenoxy) is 1. The van der Waals surface area contributed by atoms with Crippen LogP contribution in [0.25, 0.3) is 16.9 Å². The van der Waals surface area contributed by atoms with Gasteiger partial charge >= 0.3 is 5.69 Å². The van der Waals surface area contributed by atoms with Crippen molar-refractivity contribution < 1.29 is 9.53 Å². The summed E-state index contributed by atoms with van der Waals surface area (Å²) in [5.41, 5.74) is 7.00. The number of imidazole rings is 1. The zero-order valence-corrected chi connectivity index (χ0v) is 22.0. The molecule has 1 atom stereocenters. The normalized spacial score (nSPS) is 15.6. The Kier molecular flexibility index (Phi) is 6.66. The quantitative estimate of drug-likeness (QED) is 0.298. The molecule has 1 aliphatic rings. The van der Waals surface area contributed by atoms with Crippen molar-refractivity contribution in [3.63, 3.8) is 0 Å². The SMILES string of the molecule is CC(C)(C)C=C(C#N)C(=O)N1CCC1Cn1c(=O)n(-c2ccc(Oc3ccccc3)cc2)c2c(N)ncnc21. The maximum Gasteiger partial charge on any atom is 0.335 e. The van der Waals surface area contributed by atoms with Gasteiger partial charge in [0.1, 0.15) is 35.0 Å². The van der Waals surface area contributed by atoms with Crippen molar-refractivity contribution in [3.8, 4) is 23.3 Å². The van der Waals surface area contributed by atoms with Gasteiger partial charge in [0.2, 0.25) is 0 Å². The van der Waals surface area contributed by atoms with Crippen LogP contribution in [0.3, 0.4) is 0 Å². The zero-order valence-electron chi connectivity index (χ0n) is 22.0. The summed E-state index contributed by atoms with van der Waals surface area (Å²) in [6.45, 7) is 6.53. The predicted molar refractivity (Wildman–Crippen MR) is 147 cm³/mol. The van der Waals surface area contributed by atoms with Gasteiger partial charge in [-0.3, -0.25) is 13.9 Å². The van der Waals surface area contributed by atoms with Crippen LogP contribution in [0.2, 0.25) is 0 Å². The molecule has 198 valence electrons. The minimum atomic E-state index is -0.348. The highest BCUT2D eigenvalue weighted by atomic mass is 16.5. The van der Waals surface area contributed by atoms with Crippen LogP contribution in [0.4, 0.5) is 5.82 Å². The number of allylic oxidation sites excluding steroid dienone is 1. The molecule has 39 heavy (non-hydrogen) atoms. The number of nitrogens with two attached hydrogens (primary N) is 1. The van der Waals surface area contributed by atoms with E-state index in [4.69, 9.17) is 10.5 Å². The van der Waals surface area contributed by atoms with Gasteiger partial charge in [-0.1, -0.05) is 45.0 Å². The molecule has 3 heterocycles. The Bertz CT molecular complexity index is 1660. The maximum absolute atomic E-state index is 13.8. The molecule has 2 N–H and O–H groups in total. The van der Waals surface area contributed by atoms with Crippen LogP contribution < -0.4 is 16.2 Å². The minimum Gasteiger partial charge on any atom is -0.457 e. The first-order valence-corrected chi connectivity index (χ1v) is 12.7. The summed E-state index contributed by atoms with van der Waals surface area (Å²) >= 11 is 0. The van der Waals surface area contributed by atoms with E-state index in [1.54, 1.807) is 35.2 Å². The van der Waals surface area contributed by atoms with Crippen molar-refractivity contribution in [1.29, 1.82) is 5.26 Å². The molecule has 4 aromatic rings. The van der Waals surface area contributed by atoms with E-state index in [0.29, 0.717) is 41.3 Å². The highest BCUT2D eigenvalue weighted by Gasteiger charge is 2.35. The van der Waals surface area contributed by atoms with Gasteiger partial charge in [-0.15, -0.1) is 0 Å². The Morgan fingerprint density at radius 1 is 1.13 bits per heavy atom. The number of hydrogen-bond acceptors (Lipinski definition) is 7. The summed E-state index contributed by atoms with van der Waals surface area (Å²) in [7, 11) is 0. The Morgan fingerprint density at radius 3 is 2.44 bits per heavy atom. The molecule has 0 spiro atoms. The van der Waals surface area contributed by atoms with E-state index >= 15 is 0 Å². The molecule has 1 unspecified atom stereocenters. The number of carbonyl (C=O) groups is 1. The molecule has 1 aliphatic heterocycles. The van der Waals surface area contributed by atoms with Gasteiger partial charge in [0.05, 0.1) is 11.7 Å². The fourth-order valence-corrected chi connectivity index (χ4v) is 4.63. The molecule has 1 amide bonds. The summed E-state index contributed by atoms with van der Waals surface area (Å²) in [5.74, 6) is 1.16. The van der Waals surface area contributed by atoms with E-state index in [-0.39, 0.29) is 41.0 Å². The third kappa shape index (κ3) is 5.11. The van der Waals surface area contributed by atoms with Gasteiger partial charge in [0.15, 0.2) is 11.5 Å². The monoisotopic (exact) mass is 523 g/mol. The van der Waals surface area contributed by atoms with Gasteiger partial charge in [0, 0.05) is 13.1 Å². The lowest BCUT2D eigenvalue weighted by Crippen LogP contribution is -2.54. The van der Waals surface area contributed by atoms with Crippen molar-refractivity contribution >= 4 is 22.9 Å². The molecule has 5 rings (SSSR count). The summed E-state index contributed by atoms with van der Waals surface area (Å²) < 4.78 is 8.87. The fourth-order valence-electron chi connectivity index (χ4n) is 4.63. The molecule has 2 aromatic carbocycles. The topological polar surface area (TPSA) is 132 Å². The number of fused-ring (bicyclic) bond motifs is 1. The molecule has 1 saturated heterocycles. The molecule has 10 heteroatoms. The first kappa shape index (κ1) is 25.7. The molecular weight excluding hydrogens is 494 g/mol. The van der Waals surface area contributed by atoms with Crippen molar-refractivity contribution in [2.75, 3.05) is 12.3 Å². The van der Waals surface area contributed by atoms with Crippen LogP contribution in [0.15, 0.2) is 77.4 Å². The summed E-state index contributed by atoms with van der Waals surface area (Å²) in [6, 6.07) is 18.3. The average molecular weight is 524 g/mol. The number of hydrogen-bond donors (Lipinski definition) is 1. The first-order valence-electron chi connectivity index (χ1n) is 12.7. The highest BCUT2D eigenvalue weighted by Crippen LogP contribution is 2.28. The number of aromatic nitrogens is 4. The van der Waals surface area contributed by atoms with E-state index in [1.165, 1.54) is 15.5 Å². The second-order valence-electron chi connectivity index (χ2n) is 10.5. The largest absolute Gasteiger partial charge is 0.457 e. The number of rotatable bonds is 6. The number of likely N-dealkylation sites (tertiary alicyclic amines) is 1. The van der Waals surface area contributed by atoms with Crippen LogP contribution in [0, 0.1) is 16.7 Å². The molecule has 1 fully saturated rings. The molecule has 0 radical (unpaired) electrons. The van der Waals surface area contributed by atoms with Gasteiger partial charge < -0.3 is 15.4 Å². The molecular formula is C29H29N7O3. The van der Waals surface area contributed by atoms with Crippen molar-refractivity contribution in [2.24, 2.45) is 5.41 Å². The zero-order chi connectivity index (χ0) is 27.7. The standard InChI is InChI=1S/C29H29N7O3/c1-29(2,3)15-19(16-30)27(37)34-14-13-21(34)17-35-26-24(25(31)32-18-33-26)36(28(35)38)20-9-11-23(12-10-20)39-22-7-5-4-6-8-22/h4-12,15,18,21H,13-14,17H2,1-3H3,(H2,31,32,33). The van der Waals surface area contributed by atoms with Crippen molar-refractivity contribution in [2.45, 2.75) is 39.8 Å². The van der Waals surface area contributed by atoms with Crippen molar-refractivity contribution in [3.05, 3.63) is 83.1 Å². The van der Waals surface area contributed by atoms with E-state index < -0.39 is 0 Å². The maximum atomic E-state index is 13.8. The summed E-state index contributed by atoms with van der Waals surface area (Å²) in [5, 5.41) is 9.59. The number of nitrogen functional groups attached to an aromatic ring is 1. The lowest BCUT2D eigenvalue weighted by Gasteiger charge is -2.41. The van der Waals surface area contributed by atoms with Crippen LogP contribution in [-0.2, 0) is 11.3 Å². The van der Waals surface area contributed by atoms with Gasteiger partial charge in [0.25, 0.3) is 5.91 Å². The molecule has 0 bridgehead atoms. The lowest BCUT2D eigenvalue weighted by atomic mass is 9.92. The summed E-state index contributed by atoms with van der Waals surface area (Å²) in [4.78, 5) is 37.0. The molecule has 2 aromatic heterocycles. The Morgan fingerprint density at radius 2 is 1.82 bits per heavy atom. The summed E-state index contributed by atoms with van der Waals surface area (Å²) in [6.07, 6.45) is 3.70. The van der Waals surface area contributed by atoms with Crippen LogP contribution >= 0.6 is 0 Å². The second kappa shape index (κ2) is 10.1. The Balaban J connectivity index is 1.47. The Labute approximate surface area is 225 Å². The van der Waals surface area contributed by atoms with E-state index in [0.717, 1.165) is 0 Å². The van der Waals surface area contributed by atoms with Gasteiger partial charge in [-0.25, -0.2) is 14.8 Å². The van der Waals surface area contributed by atoms with E-state index in [2.05, 4.69) is 9.97 Å². The number of para-hydroxylation sites is 1. The van der Waals surface area contributed by atoms with Crippen molar-refractivity contribution in [1.82, 2.24) is 24.0 Å². The highest BCUT2D eigenvalue weighted by molar-refractivity contribution is 5.98. The molecule has 0 aliphatic carbocycles. The van der Waals surface area contributed by atoms with Gasteiger partial charge in [-0.2, -0.15) is 5.26 Å². The number of nitrogens with zero attached hydrogens (tertiary/aromatic N) is 6. The van der Waals surface area contributed by atoms with Crippen LogP contribution in [0.5, 0.6) is 11.5 Å². The van der Waals surface area contributed by atoms with Crippen LogP contribution in [0.1, 0.15) is 27.2 Å². The first-order chi connectivity index (χ1) is 18.7. The minimum absolute atomic E-state index is 0.103. The Hall–Kier alpha value is -4.91. The number of benzene rings is 2. The third-order valence-electron chi connectivity index (χ3n) is 6.53.